The summed E-state index contributed by atoms with van der Waals surface area (Å²) in [5, 5.41) is 9.80. The SMILES string of the molecule is CCNC(=O)c1cccc(CN=C(NCC)NC2CCN(Cc3ccccc3)CC2)c1. The van der Waals surface area contributed by atoms with Crippen molar-refractivity contribution in [2.75, 3.05) is 26.2 Å². The van der Waals surface area contributed by atoms with Crippen molar-refractivity contribution in [3.8, 4) is 0 Å². The van der Waals surface area contributed by atoms with Gasteiger partial charge in [-0.3, -0.25) is 9.69 Å². The van der Waals surface area contributed by atoms with Gasteiger partial charge in [0, 0.05) is 44.3 Å². The molecule has 0 aliphatic carbocycles. The van der Waals surface area contributed by atoms with Crippen molar-refractivity contribution >= 4 is 11.9 Å². The number of aliphatic imine (C=N–C) groups is 1. The second-order valence-electron chi connectivity index (χ2n) is 7.94. The normalized spacial score (nSPS) is 15.5. The molecule has 6 nitrogen and oxygen atoms in total. The first-order valence-electron chi connectivity index (χ1n) is 11.4. The van der Waals surface area contributed by atoms with E-state index in [9.17, 15) is 4.79 Å². The van der Waals surface area contributed by atoms with E-state index in [1.165, 1.54) is 5.56 Å². The highest BCUT2D eigenvalue weighted by Gasteiger charge is 2.20. The van der Waals surface area contributed by atoms with Gasteiger partial charge in [-0.25, -0.2) is 4.99 Å². The Kier molecular flexibility index (Phi) is 8.91. The molecule has 1 aliphatic heterocycles. The lowest BCUT2D eigenvalue weighted by molar-refractivity contribution is 0.0955. The number of likely N-dealkylation sites (tertiary alicyclic amines) is 1. The van der Waals surface area contributed by atoms with E-state index in [2.05, 4.69) is 58.1 Å². The number of benzene rings is 2. The molecule has 1 amide bonds. The van der Waals surface area contributed by atoms with Crippen molar-refractivity contribution in [2.24, 2.45) is 4.99 Å². The number of carbonyl (C=O) groups is 1. The fourth-order valence-electron chi connectivity index (χ4n) is 3.83. The molecule has 0 aromatic heterocycles. The third-order valence-electron chi connectivity index (χ3n) is 5.47. The Morgan fingerprint density at radius 3 is 2.39 bits per heavy atom. The predicted octanol–water partition coefficient (Wildman–Crippen LogP) is 3.16. The highest BCUT2D eigenvalue weighted by molar-refractivity contribution is 5.94. The third-order valence-corrected chi connectivity index (χ3v) is 5.47. The Hall–Kier alpha value is -2.86. The maximum Gasteiger partial charge on any atom is 0.251 e. The van der Waals surface area contributed by atoms with Crippen LogP contribution in [0.25, 0.3) is 0 Å². The van der Waals surface area contributed by atoms with Gasteiger partial charge in [0.25, 0.3) is 5.91 Å². The third kappa shape index (κ3) is 7.40. The number of amides is 1. The van der Waals surface area contributed by atoms with Crippen LogP contribution in [0.15, 0.2) is 59.6 Å². The van der Waals surface area contributed by atoms with Crippen LogP contribution >= 0.6 is 0 Å². The van der Waals surface area contributed by atoms with Crippen molar-refractivity contribution in [1.29, 1.82) is 0 Å². The van der Waals surface area contributed by atoms with E-state index in [1.54, 1.807) is 0 Å². The van der Waals surface area contributed by atoms with E-state index < -0.39 is 0 Å². The number of nitrogens with zero attached hydrogens (tertiary/aromatic N) is 2. The molecule has 0 atom stereocenters. The zero-order valence-electron chi connectivity index (χ0n) is 18.7. The molecule has 1 saturated heterocycles. The first-order chi connectivity index (χ1) is 15.2. The van der Waals surface area contributed by atoms with Crippen LogP contribution in [0.4, 0.5) is 0 Å². The smallest absolute Gasteiger partial charge is 0.251 e. The summed E-state index contributed by atoms with van der Waals surface area (Å²) in [6.07, 6.45) is 2.20. The lowest BCUT2D eigenvalue weighted by atomic mass is 10.0. The van der Waals surface area contributed by atoms with Gasteiger partial charge in [0.1, 0.15) is 0 Å². The van der Waals surface area contributed by atoms with Gasteiger partial charge in [-0.2, -0.15) is 0 Å². The van der Waals surface area contributed by atoms with Gasteiger partial charge in [0.15, 0.2) is 5.96 Å². The summed E-state index contributed by atoms with van der Waals surface area (Å²) in [4.78, 5) is 19.3. The molecule has 3 N–H and O–H groups in total. The molecule has 1 fully saturated rings. The van der Waals surface area contributed by atoms with Crippen LogP contribution in [-0.4, -0.2) is 49.0 Å². The first kappa shape index (κ1) is 22.8. The molecule has 1 heterocycles. The maximum atomic E-state index is 12.1. The molecule has 0 spiro atoms. The van der Waals surface area contributed by atoms with E-state index >= 15 is 0 Å². The van der Waals surface area contributed by atoms with Crippen molar-refractivity contribution < 1.29 is 4.79 Å². The maximum absolute atomic E-state index is 12.1. The summed E-state index contributed by atoms with van der Waals surface area (Å²) in [7, 11) is 0. The van der Waals surface area contributed by atoms with Crippen LogP contribution in [0.2, 0.25) is 0 Å². The molecule has 0 saturated carbocycles. The summed E-state index contributed by atoms with van der Waals surface area (Å²) >= 11 is 0. The second-order valence-corrected chi connectivity index (χ2v) is 7.94. The molecule has 166 valence electrons. The minimum Gasteiger partial charge on any atom is -0.357 e. The summed E-state index contributed by atoms with van der Waals surface area (Å²) in [5.41, 5.74) is 3.08. The van der Waals surface area contributed by atoms with Gasteiger partial charge in [-0.1, -0.05) is 42.5 Å². The molecule has 0 bridgehead atoms. The van der Waals surface area contributed by atoms with Gasteiger partial charge >= 0.3 is 0 Å². The molecule has 2 aromatic carbocycles. The van der Waals surface area contributed by atoms with Crippen LogP contribution < -0.4 is 16.0 Å². The highest BCUT2D eigenvalue weighted by atomic mass is 16.1. The monoisotopic (exact) mass is 421 g/mol. The lowest BCUT2D eigenvalue weighted by Gasteiger charge is -2.33. The summed E-state index contributed by atoms with van der Waals surface area (Å²) < 4.78 is 0. The van der Waals surface area contributed by atoms with Crippen LogP contribution in [0.3, 0.4) is 0 Å². The van der Waals surface area contributed by atoms with Gasteiger partial charge in [-0.05, 0) is 49.9 Å². The summed E-state index contributed by atoms with van der Waals surface area (Å²) in [5.74, 6) is 0.799. The van der Waals surface area contributed by atoms with Crippen molar-refractivity contribution in [1.82, 2.24) is 20.9 Å². The Morgan fingerprint density at radius 1 is 0.968 bits per heavy atom. The number of hydrogen-bond donors (Lipinski definition) is 3. The van der Waals surface area contributed by atoms with Crippen LogP contribution in [0.1, 0.15) is 48.2 Å². The van der Waals surface area contributed by atoms with E-state index in [1.807, 2.05) is 31.2 Å². The van der Waals surface area contributed by atoms with E-state index in [-0.39, 0.29) is 5.91 Å². The molecule has 6 heteroatoms. The van der Waals surface area contributed by atoms with Crippen molar-refractivity contribution in [2.45, 2.75) is 45.8 Å². The zero-order chi connectivity index (χ0) is 21.9. The average Bonchev–Trinajstić information content (AvgIpc) is 2.80. The quantitative estimate of drug-likeness (QED) is 0.452. The molecule has 0 unspecified atom stereocenters. The Labute approximate surface area is 186 Å². The molecule has 0 radical (unpaired) electrons. The van der Waals surface area contributed by atoms with E-state index in [0.717, 1.165) is 50.5 Å². The van der Waals surface area contributed by atoms with Gasteiger partial charge in [0.05, 0.1) is 6.54 Å². The largest absolute Gasteiger partial charge is 0.357 e. The number of nitrogens with one attached hydrogen (secondary N) is 3. The number of piperidine rings is 1. The van der Waals surface area contributed by atoms with Gasteiger partial charge in [0.2, 0.25) is 0 Å². The van der Waals surface area contributed by atoms with Crippen LogP contribution in [0.5, 0.6) is 0 Å². The molecular formula is C25H35N5O. The molecular weight excluding hydrogens is 386 g/mol. The van der Waals surface area contributed by atoms with Crippen LogP contribution in [-0.2, 0) is 13.1 Å². The Morgan fingerprint density at radius 2 is 1.68 bits per heavy atom. The van der Waals surface area contributed by atoms with Gasteiger partial charge < -0.3 is 16.0 Å². The zero-order valence-corrected chi connectivity index (χ0v) is 18.7. The standard InChI is InChI=1S/C25H35N5O/c1-3-26-24(31)22-12-8-11-21(17-22)18-28-25(27-4-2)29-23-13-15-30(16-14-23)19-20-9-6-5-7-10-20/h5-12,17,23H,3-4,13-16,18-19H2,1-2H3,(H,26,31)(H2,27,28,29). The van der Waals surface area contributed by atoms with Crippen molar-refractivity contribution in [3.05, 3.63) is 71.3 Å². The van der Waals surface area contributed by atoms with Gasteiger partial charge in [-0.15, -0.1) is 0 Å². The summed E-state index contributed by atoms with van der Waals surface area (Å²) in [6, 6.07) is 18.8. The number of rotatable bonds is 8. The average molecular weight is 422 g/mol. The molecule has 1 aliphatic rings. The number of guanidine groups is 1. The topological polar surface area (TPSA) is 68.8 Å². The number of hydrogen-bond acceptors (Lipinski definition) is 3. The van der Waals surface area contributed by atoms with Crippen LogP contribution in [0, 0.1) is 0 Å². The summed E-state index contributed by atoms with van der Waals surface area (Å²) in [6.45, 7) is 9.17. The first-order valence-corrected chi connectivity index (χ1v) is 11.4. The van der Waals surface area contributed by atoms with E-state index in [0.29, 0.717) is 24.7 Å². The highest BCUT2D eigenvalue weighted by Crippen LogP contribution is 2.14. The lowest BCUT2D eigenvalue weighted by Crippen LogP contribution is -2.48. The fraction of sp³-hybridized carbons (Fsp3) is 0.440. The fourth-order valence-corrected chi connectivity index (χ4v) is 3.83. The minimum absolute atomic E-state index is 0.0411. The van der Waals surface area contributed by atoms with E-state index in [4.69, 9.17) is 4.99 Å². The minimum atomic E-state index is -0.0411. The molecule has 3 rings (SSSR count). The molecule has 31 heavy (non-hydrogen) atoms. The van der Waals surface area contributed by atoms with Crippen molar-refractivity contribution in [3.63, 3.8) is 0 Å². The second kappa shape index (κ2) is 12.1. The predicted molar refractivity (Wildman–Crippen MR) is 127 cm³/mol. The molecule has 2 aromatic rings. The number of carbonyl (C=O) groups excluding carboxylic acids is 1. The Balaban J connectivity index is 1.52. The Bertz CT molecular complexity index is 844.